The molecule has 27 heavy (non-hydrogen) atoms. The topological polar surface area (TPSA) is 78.1 Å². The van der Waals surface area contributed by atoms with Gasteiger partial charge in [-0.2, -0.15) is 13.2 Å². The van der Waals surface area contributed by atoms with E-state index in [1.54, 1.807) is 18.2 Å². The number of aromatic nitrogens is 2. The van der Waals surface area contributed by atoms with Gasteiger partial charge in [0.25, 0.3) is 5.56 Å². The zero-order valence-electron chi connectivity index (χ0n) is 14.7. The molecule has 1 aromatic heterocycles. The zero-order valence-corrected chi connectivity index (χ0v) is 14.7. The van der Waals surface area contributed by atoms with Gasteiger partial charge in [-0.3, -0.25) is 14.5 Å². The van der Waals surface area contributed by atoms with Gasteiger partial charge in [0.05, 0.1) is 6.54 Å². The number of alkyl halides is 3. The number of nitrogens with one attached hydrogen (secondary N) is 2. The second-order valence-electron chi connectivity index (χ2n) is 6.50. The third-order valence-electron chi connectivity index (χ3n) is 4.37. The highest BCUT2D eigenvalue weighted by atomic mass is 19.4. The predicted octanol–water partition coefficient (Wildman–Crippen LogP) is 2.09. The largest absolute Gasteiger partial charge is 0.433 e. The molecule has 1 aromatic carbocycles. The standard InChI is InChI=1S/C18H19F3N4O2/c1-11-15(18(19,20)21)23-16(24-17(11)27)13-5-2-4-12(8-13)9-25-7-3-6-22-14(26)10-25/h2,4-5,8H,3,6-7,9-10H2,1H3,(H,22,26)(H,23,24,27). The molecule has 0 radical (unpaired) electrons. The number of amides is 1. The normalized spacial score (nSPS) is 16.1. The van der Waals surface area contributed by atoms with E-state index < -0.39 is 23.0 Å². The number of halogens is 3. The van der Waals surface area contributed by atoms with Crippen molar-refractivity contribution in [1.29, 1.82) is 0 Å². The molecule has 0 aliphatic carbocycles. The second kappa shape index (κ2) is 7.51. The molecule has 144 valence electrons. The summed E-state index contributed by atoms with van der Waals surface area (Å²) in [6, 6.07) is 6.78. The van der Waals surface area contributed by atoms with E-state index in [-0.39, 0.29) is 18.3 Å². The fourth-order valence-corrected chi connectivity index (χ4v) is 3.02. The van der Waals surface area contributed by atoms with Crippen molar-refractivity contribution < 1.29 is 18.0 Å². The minimum atomic E-state index is -4.70. The minimum absolute atomic E-state index is 0.0528. The van der Waals surface area contributed by atoms with Gasteiger partial charge in [0.1, 0.15) is 5.82 Å². The lowest BCUT2D eigenvalue weighted by molar-refractivity contribution is -0.141. The molecule has 1 fully saturated rings. The van der Waals surface area contributed by atoms with Gasteiger partial charge in [-0.25, -0.2) is 4.98 Å². The van der Waals surface area contributed by atoms with E-state index in [9.17, 15) is 22.8 Å². The third kappa shape index (κ3) is 4.54. The van der Waals surface area contributed by atoms with Crippen molar-refractivity contribution in [2.75, 3.05) is 19.6 Å². The lowest BCUT2D eigenvalue weighted by Crippen LogP contribution is -2.32. The van der Waals surface area contributed by atoms with Gasteiger partial charge in [0.15, 0.2) is 5.69 Å². The number of H-pyrrole nitrogens is 1. The number of hydrogen-bond acceptors (Lipinski definition) is 4. The summed E-state index contributed by atoms with van der Waals surface area (Å²) in [6.07, 6.45) is -3.88. The molecule has 0 unspecified atom stereocenters. The van der Waals surface area contributed by atoms with E-state index in [1.165, 1.54) is 0 Å². The summed E-state index contributed by atoms with van der Waals surface area (Å²) >= 11 is 0. The second-order valence-corrected chi connectivity index (χ2v) is 6.50. The van der Waals surface area contributed by atoms with E-state index in [0.29, 0.717) is 18.7 Å². The molecule has 0 spiro atoms. The average molecular weight is 380 g/mol. The molecule has 0 bridgehead atoms. The number of rotatable bonds is 3. The van der Waals surface area contributed by atoms with Crippen LogP contribution in [0.15, 0.2) is 29.1 Å². The van der Waals surface area contributed by atoms with Crippen molar-refractivity contribution in [1.82, 2.24) is 20.2 Å². The molecular weight excluding hydrogens is 361 g/mol. The maximum atomic E-state index is 13.1. The molecule has 0 saturated carbocycles. The summed E-state index contributed by atoms with van der Waals surface area (Å²) in [7, 11) is 0. The monoisotopic (exact) mass is 380 g/mol. The van der Waals surface area contributed by atoms with Crippen LogP contribution in [-0.2, 0) is 17.5 Å². The van der Waals surface area contributed by atoms with E-state index in [4.69, 9.17) is 0 Å². The van der Waals surface area contributed by atoms with Gasteiger partial charge in [0.2, 0.25) is 5.91 Å². The summed E-state index contributed by atoms with van der Waals surface area (Å²) in [5, 5.41) is 2.79. The van der Waals surface area contributed by atoms with Gasteiger partial charge in [-0.15, -0.1) is 0 Å². The number of aromatic amines is 1. The van der Waals surface area contributed by atoms with Crippen LogP contribution >= 0.6 is 0 Å². The number of carbonyl (C=O) groups is 1. The van der Waals surface area contributed by atoms with Gasteiger partial charge in [-0.05, 0) is 25.0 Å². The maximum Gasteiger partial charge on any atom is 0.433 e. The Hall–Kier alpha value is -2.68. The molecule has 3 rings (SSSR count). The highest BCUT2D eigenvalue weighted by molar-refractivity contribution is 5.78. The number of nitrogens with zero attached hydrogens (tertiary/aromatic N) is 2. The van der Waals surface area contributed by atoms with E-state index in [0.717, 1.165) is 25.5 Å². The van der Waals surface area contributed by atoms with Crippen molar-refractivity contribution in [3.05, 3.63) is 51.4 Å². The molecule has 9 heteroatoms. The van der Waals surface area contributed by atoms with Crippen LogP contribution in [0.3, 0.4) is 0 Å². The number of carbonyl (C=O) groups excluding carboxylic acids is 1. The highest BCUT2D eigenvalue weighted by Gasteiger charge is 2.36. The van der Waals surface area contributed by atoms with E-state index in [2.05, 4.69) is 15.3 Å². The third-order valence-corrected chi connectivity index (χ3v) is 4.37. The van der Waals surface area contributed by atoms with Crippen molar-refractivity contribution in [3.63, 3.8) is 0 Å². The first-order chi connectivity index (χ1) is 12.7. The van der Waals surface area contributed by atoms with Crippen LogP contribution < -0.4 is 10.9 Å². The van der Waals surface area contributed by atoms with Crippen molar-refractivity contribution in [2.24, 2.45) is 0 Å². The molecule has 1 amide bonds. The Morgan fingerprint density at radius 2 is 2.04 bits per heavy atom. The molecule has 2 heterocycles. The lowest BCUT2D eigenvalue weighted by atomic mass is 10.1. The fraction of sp³-hybridized carbons (Fsp3) is 0.389. The van der Waals surface area contributed by atoms with Gasteiger partial charge >= 0.3 is 6.18 Å². The SMILES string of the molecule is Cc1c(C(F)(F)F)nc(-c2cccc(CN3CCCNC(=O)C3)c2)[nH]c1=O. The van der Waals surface area contributed by atoms with Crippen LogP contribution in [0.1, 0.15) is 23.2 Å². The summed E-state index contributed by atoms with van der Waals surface area (Å²) in [6.45, 7) is 3.20. The summed E-state index contributed by atoms with van der Waals surface area (Å²) in [5.74, 6) is -0.184. The van der Waals surface area contributed by atoms with Gasteiger partial charge in [-0.1, -0.05) is 18.2 Å². The van der Waals surface area contributed by atoms with Crippen LogP contribution in [0, 0.1) is 6.92 Å². The van der Waals surface area contributed by atoms with Crippen LogP contribution in [0.25, 0.3) is 11.4 Å². The van der Waals surface area contributed by atoms with Crippen LogP contribution in [-0.4, -0.2) is 40.4 Å². The molecule has 2 aromatic rings. The fourth-order valence-electron chi connectivity index (χ4n) is 3.02. The first-order valence-electron chi connectivity index (χ1n) is 8.50. The molecular formula is C18H19F3N4O2. The molecule has 1 aliphatic heterocycles. The van der Waals surface area contributed by atoms with Crippen LogP contribution in [0.2, 0.25) is 0 Å². The Bertz CT molecular complexity index is 908. The Kier molecular flexibility index (Phi) is 5.31. The van der Waals surface area contributed by atoms with E-state index >= 15 is 0 Å². The first kappa shape index (κ1) is 19.1. The zero-order chi connectivity index (χ0) is 19.6. The van der Waals surface area contributed by atoms with Gasteiger partial charge in [0, 0.05) is 30.8 Å². The Balaban J connectivity index is 1.91. The number of hydrogen-bond donors (Lipinski definition) is 2. The van der Waals surface area contributed by atoms with Crippen molar-refractivity contribution in [2.45, 2.75) is 26.1 Å². The van der Waals surface area contributed by atoms with Crippen LogP contribution in [0.5, 0.6) is 0 Å². The van der Waals surface area contributed by atoms with Crippen molar-refractivity contribution >= 4 is 5.91 Å². The van der Waals surface area contributed by atoms with Gasteiger partial charge < -0.3 is 10.3 Å². The first-order valence-corrected chi connectivity index (χ1v) is 8.50. The number of benzene rings is 1. The molecule has 1 saturated heterocycles. The lowest BCUT2D eigenvalue weighted by Gasteiger charge is -2.19. The minimum Gasteiger partial charge on any atom is -0.355 e. The van der Waals surface area contributed by atoms with E-state index in [1.807, 2.05) is 11.0 Å². The Morgan fingerprint density at radius 3 is 2.78 bits per heavy atom. The summed E-state index contributed by atoms with van der Waals surface area (Å²) in [5.41, 5.74) is -1.26. The quantitative estimate of drug-likeness (QED) is 0.855. The molecule has 1 aliphatic rings. The maximum absolute atomic E-state index is 13.1. The summed E-state index contributed by atoms with van der Waals surface area (Å²) < 4.78 is 39.4. The van der Waals surface area contributed by atoms with Crippen molar-refractivity contribution in [3.8, 4) is 11.4 Å². The molecule has 0 atom stereocenters. The highest BCUT2D eigenvalue weighted by Crippen LogP contribution is 2.30. The Labute approximate surface area is 153 Å². The Morgan fingerprint density at radius 1 is 1.26 bits per heavy atom. The smallest absolute Gasteiger partial charge is 0.355 e. The predicted molar refractivity (Wildman–Crippen MR) is 92.9 cm³/mol. The summed E-state index contributed by atoms with van der Waals surface area (Å²) in [4.78, 5) is 31.6. The van der Waals surface area contributed by atoms with Crippen LogP contribution in [0.4, 0.5) is 13.2 Å². The molecule has 6 nitrogen and oxygen atoms in total. The average Bonchev–Trinajstić information content (AvgIpc) is 2.80. The molecule has 2 N–H and O–H groups in total.